The standard InChI is InChI=1S/C21H21F3N6O2/c1-14-4-2-3-5-15(14)20-27-18(32-28-20)6-7-19(31)30-10-8-29(9-11-30)17-12-16(21(22,23)24)25-13-26-17/h2-5,12-13H,6-11H2,1H3. The topological polar surface area (TPSA) is 88.3 Å². The Morgan fingerprint density at radius 3 is 2.59 bits per heavy atom. The molecule has 1 saturated heterocycles. The number of hydrogen-bond donors (Lipinski definition) is 0. The summed E-state index contributed by atoms with van der Waals surface area (Å²) in [6, 6.07) is 8.62. The molecule has 0 atom stereocenters. The Balaban J connectivity index is 1.30. The third-order valence-electron chi connectivity index (χ3n) is 5.31. The first-order chi connectivity index (χ1) is 15.3. The number of rotatable bonds is 5. The van der Waals surface area contributed by atoms with Crippen LogP contribution in [0, 0.1) is 6.92 Å². The van der Waals surface area contributed by atoms with Crippen molar-refractivity contribution >= 4 is 11.7 Å². The first kappa shape index (κ1) is 21.7. The van der Waals surface area contributed by atoms with Crippen LogP contribution in [0.3, 0.4) is 0 Å². The molecule has 1 aliphatic rings. The fraction of sp³-hybridized carbons (Fsp3) is 0.381. The van der Waals surface area contributed by atoms with Gasteiger partial charge in [-0.2, -0.15) is 18.2 Å². The number of alkyl halides is 3. The number of anilines is 1. The first-order valence-corrected chi connectivity index (χ1v) is 10.1. The van der Waals surface area contributed by atoms with E-state index in [1.807, 2.05) is 31.2 Å². The highest BCUT2D eigenvalue weighted by Crippen LogP contribution is 2.29. The molecule has 3 aromatic rings. The molecule has 11 heteroatoms. The number of hydrogen-bond acceptors (Lipinski definition) is 7. The third-order valence-corrected chi connectivity index (χ3v) is 5.31. The monoisotopic (exact) mass is 446 g/mol. The van der Waals surface area contributed by atoms with Crippen LogP contribution in [-0.4, -0.2) is 57.1 Å². The van der Waals surface area contributed by atoms with E-state index >= 15 is 0 Å². The Kier molecular flexibility index (Phi) is 6.06. The van der Waals surface area contributed by atoms with Gasteiger partial charge < -0.3 is 14.3 Å². The number of amides is 1. The summed E-state index contributed by atoms with van der Waals surface area (Å²) in [7, 11) is 0. The van der Waals surface area contributed by atoms with E-state index in [1.165, 1.54) is 0 Å². The Hall–Kier alpha value is -3.50. The van der Waals surface area contributed by atoms with Gasteiger partial charge in [0.25, 0.3) is 0 Å². The van der Waals surface area contributed by atoms with Gasteiger partial charge in [-0.15, -0.1) is 0 Å². The van der Waals surface area contributed by atoms with E-state index in [1.54, 1.807) is 9.80 Å². The second-order valence-electron chi connectivity index (χ2n) is 7.45. The highest BCUT2D eigenvalue weighted by molar-refractivity contribution is 5.76. The second-order valence-corrected chi connectivity index (χ2v) is 7.45. The zero-order chi connectivity index (χ0) is 22.7. The SMILES string of the molecule is Cc1ccccc1-c1noc(CCC(=O)N2CCN(c3cc(C(F)(F)F)ncn3)CC2)n1. The van der Waals surface area contributed by atoms with E-state index in [2.05, 4.69) is 20.1 Å². The number of nitrogens with zero attached hydrogens (tertiary/aromatic N) is 6. The number of piperazine rings is 1. The van der Waals surface area contributed by atoms with Crippen molar-refractivity contribution in [3.63, 3.8) is 0 Å². The van der Waals surface area contributed by atoms with Crippen molar-refractivity contribution in [2.45, 2.75) is 25.9 Å². The van der Waals surface area contributed by atoms with Crippen molar-refractivity contribution in [1.29, 1.82) is 0 Å². The quantitative estimate of drug-likeness (QED) is 0.595. The maximum Gasteiger partial charge on any atom is 0.433 e. The molecule has 8 nitrogen and oxygen atoms in total. The van der Waals surface area contributed by atoms with Gasteiger partial charge in [-0.25, -0.2) is 9.97 Å². The number of carbonyl (C=O) groups is 1. The average Bonchev–Trinajstić information content (AvgIpc) is 3.26. The minimum absolute atomic E-state index is 0.0704. The summed E-state index contributed by atoms with van der Waals surface area (Å²) < 4.78 is 43.9. The molecule has 168 valence electrons. The first-order valence-electron chi connectivity index (χ1n) is 10.1. The van der Waals surface area contributed by atoms with Gasteiger partial charge in [0.05, 0.1) is 0 Å². The van der Waals surface area contributed by atoms with E-state index in [9.17, 15) is 18.0 Å². The lowest BCUT2D eigenvalue weighted by Gasteiger charge is -2.35. The Bertz CT molecular complexity index is 1090. The van der Waals surface area contributed by atoms with Gasteiger partial charge in [-0.1, -0.05) is 29.4 Å². The summed E-state index contributed by atoms with van der Waals surface area (Å²) in [4.78, 5) is 27.6. The van der Waals surface area contributed by atoms with Crippen molar-refractivity contribution in [2.24, 2.45) is 0 Å². The lowest BCUT2D eigenvalue weighted by Crippen LogP contribution is -2.49. The normalized spacial score (nSPS) is 14.6. The number of benzene rings is 1. The van der Waals surface area contributed by atoms with Gasteiger partial charge in [-0.3, -0.25) is 4.79 Å². The Labute approximate surface area is 182 Å². The van der Waals surface area contributed by atoms with Crippen molar-refractivity contribution < 1.29 is 22.5 Å². The predicted molar refractivity (Wildman–Crippen MR) is 109 cm³/mol. The highest BCUT2D eigenvalue weighted by atomic mass is 19.4. The lowest BCUT2D eigenvalue weighted by atomic mass is 10.1. The van der Waals surface area contributed by atoms with Crippen LogP contribution in [0.4, 0.5) is 19.0 Å². The molecule has 3 heterocycles. The van der Waals surface area contributed by atoms with Gasteiger partial charge in [0.15, 0.2) is 0 Å². The number of aryl methyl sites for hydroxylation is 2. The van der Waals surface area contributed by atoms with E-state index in [4.69, 9.17) is 4.52 Å². The number of aromatic nitrogens is 4. The molecule has 1 aliphatic heterocycles. The maximum atomic E-state index is 12.9. The highest BCUT2D eigenvalue weighted by Gasteiger charge is 2.33. The molecule has 0 bridgehead atoms. The summed E-state index contributed by atoms with van der Waals surface area (Å²) in [6.45, 7) is 3.51. The molecule has 0 radical (unpaired) electrons. The van der Waals surface area contributed by atoms with Crippen LogP contribution in [0.25, 0.3) is 11.4 Å². The molecule has 0 unspecified atom stereocenters. The summed E-state index contributed by atoms with van der Waals surface area (Å²) in [5.41, 5.74) is 0.925. The summed E-state index contributed by atoms with van der Waals surface area (Å²) >= 11 is 0. The van der Waals surface area contributed by atoms with E-state index < -0.39 is 11.9 Å². The maximum absolute atomic E-state index is 12.9. The molecule has 4 rings (SSSR count). The van der Waals surface area contributed by atoms with Crippen molar-refractivity contribution in [3.8, 4) is 11.4 Å². The Morgan fingerprint density at radius 2 is 1.88 bits per heavy atom. The van der Waals surface area contributed by atoms with E-state index in [0.717, 1.165) is 23.5 Å². The van der Waals surface area contributed by atoms with Gasteiger partial charge >= 0.3 is 6.18 Å². The zero-order valence-corrected chi connectivity index (χ0v) is 17.3. The third kappa shape index (κ3) is 4.87. The van der Waals surface area contributed by atoms with Crippen LogP contribution >= 0.6 is 0 Å². The largest absolute Gasteiger partial charge is 0.433 e. The van der Waals surface area contributed by atoms with E-state index in [0.29, 0.717) is 44.3 Å². The lowest BCUT2D eigenvalue weighted by molar-refractivity contribution is -0.141. The molecule has 32 heavy (non-hydrogen) atoms. The number of carbonyl (C=O) groups excluding carboxylic acids is 1. The molecule has 1 fully saturated rings. The predicted octanol–water partition coefficient (Wildman–Crippen LogP) is 3.14. The number of halogens is 3. The average molecular weight is 446 g/mol. The van der Waals surface area contributed by atoms with Crippen molar-refractivity contribution in [3.05, 3.63) is 53.8 Å². The van der Waals surface area contributed by atoms with Gasteiger partial charge in [-0.05, 0) is 12.5 Å². The van der Waals surface area contributed by atoms with Crippen LogP contribution < -0.4 is 4.90 Å². The fourth-order valence-corrected chi connectivity index (χ4v) is 3.52. The van der Waals surface area contributed by atoms with Crippen LogP contribution in [0.1, 0.15) is 23.6 Å². The van der Waals surface area contributed by atoms with E-state index in [-0.39, 0.29) is 18.1 Å². The smallest absolute Gasteiger partial charge is 0.353 e. The van der Waals surface area contributed by atoms with Crippen LogP contribution in [0.15, 0.2) is 41.2 Å². The van der Waals surface area contributed by atoms with Crippen LogP contribution in [0.5, 0.6) is 0 Å². The molecule has 0 saturated carbocycles. The summed E-state index contributed by atoms with van der Waals surface area (Å²) in [5.74, 6) is 1.01. The minimum atomic E-state index is -4.52. The summed E-state index contributed by atoms with van der Waals surface area (Å²) in [5, 5.41) is 4.00. The second kappa shape index (κ2) is 8.93. The molecule has 0 aliphatic carbocycles. The van der Waals surface area contributed by atoms with Gasteiger partial charge in [0, 0.05) is 50.7 Å². The molecular weight excluding hydrogens is 425 g/mol. The molecular formula is C21H21F3N6O2. The Morgan fingerprint density at radius 1 is 1.12 bits per heavy atom. The zero-order valence-electron chi connectivity index (χ0n) is 17.3. The van der Waals surface area contributed by atoms with Crippen molar-refractivity contribution in [1.82, 2.24) is 25.0 Å². The molecule has 1 aromatic carbocycles. The fourth-order valence-electron chi connectivity index (χ4n) is 3.52. The molecule has 0 spiro atoms. The molecule has 1 amide bonds. The van der Waals surface area contributed by atoms with Crippen molar-refractivity contribution in [2.75, 3.05) is 31.1 Å². The minimum Gasteiger partial charge on any atom is -0.353 e. The van der Waals surface area contributed by atoms with Gasteiger partial charge in [0.2, 0.25) is 17.6 Å². The van der Waals surface area contributed by atoms with Gasteiger partial charge in [0.1, 0.15) is 17.8 Å². The van der Waals surface area contributed by atoms with Crippen LogP contribution in [-0.2, 0) is 17.4 Å². The molecule has 2 aromatic heterocycles. The molecule has 0 N–H and O–H groups in total. The summed E-state index contributed by atoms with van der Waals surface area (Å²) in [6.07, 6.45) is -3.09. The van der Waals surface area contributed by atoms with Crippen LogP contribution in [0.2, 0.25) is 0 Å².